The molecule has 0 aromatic carbocycles. The Morgan fingerprint density at radius 2 is 2.12 bits per heavy atom. The number of rotatable bonds is 7. The van der Waals surface area contributed by atoms with Crippen molar-refractivity contribution in [1.82, 2.24) is 10.3 Å². The zero-order valence-electron chi connectivity index (χ0n) is 11.0. The van der Waals surface area contributed by atoms with Gasteiger partial charge in [-0.15, -0.1) is 11.3 Å². The summed E-state index contributed by atoms with van der Waals surface area (Å²) in [6.45, 7) is 11.2. The smallest absolute Gasteiger partial charge is 0.0897 e. The summed E-state index contributed by atoms with van der Waals surface area (Å²) in [7, 11) is 0. The third-order valence-electron chi connectivity index (χ3n) is 2.73. The van der Waals surface area contributed by atoms with Crippen LogP contribution < -0.4 is 5.32 Å². The van der Waals surface area contributed by atoms with Crippen molar-refractivity contribution < 1.29 is 0 Å². The molecule has 0 radical (unpaired) electrons. The third-order valence-corrected chi connectivity index (χ3v) is 3.55. The summed E-state index contributed by atoms with van der Waals surface area (Å²) in [4.78, 5) is 4.54. The lowest BCUT2D eigenvalue weighted by atomic mass is 9.84. The average molecular weight is 240 g/mol. The summed E-state index contributed by atoms with van der Waals surface area (Å²) in [5.74, 6) is 0. The minimum absolute atomic E-state index is 0.348. The summed E-state index contributed by atoms with van der Waals surface area (Å²) in [6, 6.07) is 0. The SMILES string of the molecule is CCCNCCC(C)(C)Cc1csc(C)n1. The second kappa shape index (κ2) is 6.36. The maximum atomic E-state index is 4.54. The van der Waals surface area contributed by atoms with E-state index in [4.69, 9.17) is 0 Å². The number of nitrogens with zero attached hydrogens (tertiary/aromatic N) is 1. The molecule has 0 aliphatic heterocycles. The van der Waals surface area contributed by atoms with E-state index in [-0.39, 0.29) is 0 Å². The van der Waals surface area contributed by atoms with Gasteiger partial charge in [-0.1, -0.05) is 20.8 Å². The van der Waals surface area contributed by atoms with Crippen LogP contribution in [0.25, 0.3) is 0 Å². The van der Waals surface area contributed by atoms with Crippen LogP contribution in [0, 0.1) is 12.3 Å². The highest BCUT2D eigenvalue weighted by molar-refractivity contribution is 7.09. The molecule has 1 aromatic rings. The van der Waals surface area contributed by atoms with E-state index in [1.807, 2.05) is 0 Å². The number of hydrogen-bond acceptors (Lipinski definition) is 3. The highest BCUT2D eigenvalue weighted by Gasteiger charge is 2.19. The number of aryl methyl sites for hydroxylation is 1. The molecule has 0 aliphatic rings. The Morgan fingerprint density at radius 1 is 1.38 bits per heavy atom. The molecule has 92 valence electrons. The molecular formula is C13H24N2S. The quantitative estimate of drug-likeness (QED) is 0.739. The van der Waals surface area contributed by atoms with Gasteiger partial charge in [-0.25, -0.2) is 4.98 Å². The Balaban J connectivity index is 2.33. The lowest BCUT2D eigenvalue weighted by Crippen LogP contribution is -2.24. The molecule has 0 amide bonds. The van der Waals surface area contributed by atoms with Crippen LogP contribution in [0.3, 0.4) is 0 Å². The van der Waals surface area contributed by atoms with Crippen molar-refractivity contribution in [2.45, 2.75) is 47.0 Å². The maximum absolute atomic E-state index is 4.54. The molecule has 0 bridgehead atoms. The first-order chi connectivity index (χ1) is 7.53. The summed E-state index contributed by atoms with van der Waals surface area (Å²) in [5, 5.41) is 6.83. The molecule has 1 N–H and O–H groups in total. The van der Waals surface area contributed by atoms with Crippen molar-refractivity contribution in [3.05, 3.63) is 16.1 Å². The summed E-state index contributed by atoms with van der Waals surface area (Å²) in [6.07, 6.45) is 3.51. The molecule has 1 rings (SSSR count). The second-order valence-corrected chi connectivity index (χ2v) is 6.26. The third kappa shape index (κ3) is 5.08. The van der Waals surface area contributed by atoms with Gasteiger partial charge < -0.3 is 5.32 Å². The summed E-state index contributed by atoms with van der Waals surface area (Å²) in [5.41, 5.74) is 1.60. The molecule has 0 saturated heterocycles. The van der Waals surface area contributed by atoms with Gasteiger partial charge in [0.25, 0.3) is 0 Å². The standard InChI is InChI=1S/C13H24N2S/c1-5-7-14-8-6-13(3,4)9-12-10-16-11(2)15-12/h10,14H,5-9H2,1-4H3. The molecule has 2 nitrogen and oxygen atoms in total. The van der Waals surface area contributed by atoms with Crippen LogP contribution in [0.2, 0.25) is 0 Å². The van der Waals surface area contributed by atoms with E-state index in [9.17, 15) is 0 Å². The number of hydrogen-bond donors (Lipinski definition) is 1. The van der Waals surface area contributed by atoms with Gasteiger partial charge >= 0.3 is 0 Å². The zero-order valence-corrected chi connectivity index (χ0v) is 11.8. The first-order valence-electron chi connectivity index (χ1n) is 6.15. The Morgan fingerprint density at radius 3 is 2.69 bits per heavy atom. The van der Waals surface area contributed by atoms with E-state index in [1.165, 1.54) is 23.5 Å². The molecule has 1 aromatic heterocycles. The fraction of sp³-hybridized carbons (Fsp3) is 0.769. The first-order valence-corrected chi connectivity index (χ1v) is 7.03. The van der Waals surface area contributed by atoms with E-state index >= 15 is 0 Å². The van der Waals surface area contributed by atoms with Gasteiger partial charge in [0.1, 0.15) is 0 Å². The van der Waals surface area contributed by atoms with Gasteiger partial charge in [-0.2, -0.15) is 0 Å². The lowest BCUT2D eigenvalue weighted by molar-refractivity contribution is 0.323. The van der Waals surface area contributed by atoms with Gasteiger partial charge in [0.15, 0.2) is 0 Å². The molecule has 0 spiro atoms. The van der Waals surface area contributed by atoms with Gasteiger partial charge in [-0.05, 0) is 44.7 Å². The van der Waals surface area contributed by atoms with Crippen LogP contribution in [-0.2, 0) is 6.42 Å². The Hall–Kier alpha value is -0.410. The average Bonchev–Trinajstić information content (AvgIpc) is 2.58. The predicted molar refractivity (Wildman–Crippen MR) is 72.1 cm³/mol. The Bertz CT molecular complexity index is 305. The molecule has 3 heteroatoms. The monoisotopic (exact) mass is 240 g/mol. The molecule has 0 fully saturated rings. The maximum Gasteiger partial charge on any atom is 0.0897 e. The van der Waals surface area contributed by atoms with Gasteiger partial charge in [0, 0.05) is 5.38 Å². The Labute approximate surface area is 103 Å². The van der Waals surface area contributed by atoms with Crippen LogP contribution >= 0.6 is 11.3 Å². The van der Waals surface area contributed by atoms with Crippen LogP contribution in [0.4, 0.5) is 0 Å². The van der Waals surface area contributed by atoms with Crippen molar-refractivity contribution in [1.29, 1.82) is 0 Å². The van der Waals surface area contributed by atoms with E-state index in [0.717, 1.165) is 19.5 Å². The highest BCUT2D eigenvalue weighted by Crippen LogP contribution is 2.26. The lowest BCUT2D eigenvalue weighted by Gasteiger charge is -2.23. The van der Waals surface area contributed by atoms with Crippen molar-refractivity contribution in [3.8, 4) is 0 Å². The molecule has 0 saturated carbocycles. The van der Waals surface area contributed by atoms with Crippen LogP contribution in [0.1, 0.15) is 44.3 Å². The van der Waals surface area contributed by atoms with Crippen LogP contribution in [0.5, 0.6) is 0 Å². The van der Waals surface area contributed by atoms with E-state index in [1.54, 1.807) is 11.3 Å². The number of thiazole rings is 1. The zero-order chi connectivity index (χ0) is 12.0. The minimum Gasteiger partial charge on any atom is -0.317 e. The molecular weight excluding hydrogens is 216 g/mol. The van der Waals surface area contributed by atoms with Gasteiger partial charge in [-0.3, -0.25) is 0 Å². The number of nitrogens with one attached hydrogen (secondary N) is 1. The predicted octanol–water partition coefficient (Wildman–Crippen LogP) is 3.41. The molecule has 0 atom stereocenters. The fourth-order valence-corrected chi connectivity index (χ4v) is 2.41. The molecule has 0 unspecified atom stereocenters. The normalized spacial score (nSPS) is 12.0. The van der Waals surface area contributed by atoms with E-state index < -0.39 is 0 Å². The van der Waals surface area contributed by atoms with E-state index in [0.29, 0.717) is 5.41 Å². The minimum atomic E-state index is 0.348. The first kappa shape index (κ1) is 13.7. The van der Waals surface area contributed by atoms with E-state index in [2.05, 4.69) is 43.4 Å². The number of aromatic nitrogens is 1. The van der Waals surface area contributed by atoms with Crippen molar-refractivity contribution >= 4 is 11.3 Å². The highest BCUT2D eigenvalue weighted by atomic mass is 32.1. The van der Waals surface area contributed by atoms with Crippen molar-refractivity contribution in [2.75, 3.05) is 13.1 Å². The Kier molecular flexibility index (Phi) is 5.42. The van der Waals surface area contributed by atoms with Gasteiger partial charge in [0.2, 0.25) is 0 Å². The summed E-state index contributed by atoms with van der Waals surface area (Å²) < 4.78 is 0. The topological polar surface area (TPSA) is 24.9 Å². The largest absolute Gasteiger partial charge is 0.317 e. The fourth-order valence-electron chi connectivity index (χ4n) is 1.80. The van der Waals surface area contributed by atoms with Gasteiger partial charge in [0.05, 0.1) is 10.7 Å². The summed E-state index contributed by atoms with van der Waals surface area (Å²) >= 11 is 1.75. The molecule has 1 heterocycles. The van der Waals surface area contributed by atoms with Crippen molar-refractivity contribution in [2.24, 2.45) is 5.41 Å². The molecule has 0 aliphatic carbocycles. The van der Waals surface area contributed by atoms with Crippen LogP contribution in [-0.4, -0.2) is 18.1 Å². The molecule has 16 heavy (non-hydrogen) atoms. The van der Waals surface area contributed by atoms with Crippen molar-refractivity contribution in [3.63, 3.8) is 0 Å². The second-order valence-electron chi connectivity index (χ2n) is 5.20. The van der Waals surface area contributed by atoms with Crippen LogP contribution in [0.15, 0.2) is 5.38 Å².